The van der Waals surface area contributed by atoms with E-state index in [1.165, 1.54) is 0 Å². The van der Waals surface area contributed by atoms with Crippen LogP contribution in [0, 0.1) is 5.92 Å². The molecule has 4 nitrogen and oxygen atoms in total. The number of anilines is 1. The summed E-state index contributed by atoms with van der Waals surface area (Å²) in [5.74, 6) is 2.10. The highest BCUT2D eigenvalue weighted by Crippen LogP contribution is 2.39. The first-order chi connectivity index (χ1) is 10.0. The summed E-state index contributed by atoms with van der Waals surface area (Å²) in [6.45, 7) is 6.83. The van der Waals surface area contributed by atoms with Gasteiger partial charge in [-0.2, -0.15) is 0 Å². The molecule has 1 N–H and O–H groups in total. The van der Waals surface area contributed by atoms with Crippen molar-refractivity contribution in [2.45, 2.75) is 32.4 Å². The van der Waals surface area contributed by atoms with Crippen molar-refractivity contribution in [1.29, 1.82) is 0 Å². The molecule has 0 aromatic heterocycles. The standard InChI is InChI=1S/C16H23ClN2O2/c1-10-9-19(3)11(2)6-13(10)18-14-8-16-15(7-12(14)17)20-4-5-21-16/h7-8,10-11,13,18H,4-6,9H2,1-3H3. The summed E-state index contributed by atoms with van der Waals surface area (Å²) in [6, 6.07) is 4.82. The van der Waals surface area contributed by atoms with Gasteiger partial charge in [-0.3, -0.25) is 0 Å². The average Bonchev–Trinajstić information content (AvgIpc) is 2.45. The minimum Gasteiger partial charge on any atom is -0.486 e. The van der Waals surface area contributed by atoms with E-state index in [2.05, 4.69) is 31.1 Å². The Balaban J connectivity index is 1.78. The first-order valence-corrected chi connectivity index (χ1v) is 7.98. The van der Waals surface area contributed by atoms with Crippen LogP contribution in [0.4, 0.5) is 5.69 Å². The van der Waals surface area contributed by atoms with Crippen molar-refractivity contribution >= 4 is 17.3 Å². The Morgan fingerprint density at radius 2 is 1.86 bits per heavy atom. The second-order valence-corrected chi connectivity index (χ2v) is 6.64. The zero-order valence-electron chi connectivity index (χ0n) is 12.9. The van der Waals surface area contributed by atoms with Gasteiger partial charge in [-0.1, -0.05) is 18.5 Å². The molecule has 0 aliphatic carbocycles. The van der Waals surface area contributed by atoms with Crippen LogP contribution in [-0.2, 0) is 0 Å². The van der Waals surface area contributed by atoms with Gasteiger partial charge in [-0.05, 0) is 26.3 Å². The highest BCUT2D eigenvalue weighted by molar-refractivity contribution is 6.33. The van der Waals surface area contributed by atoms with Crippen LogP contribution in [0.1, 0.15) is 20.3 Å². The number of halogens is 1. The Morgan fingerprint density at radius 3 is 2.57 bits per heavy atom. The van der Waals surface area contributed by atoms with Gasteiger partial charge in [0.05, 0.1) is 10.7 Å². The molecule has 0 saturated carbocycles. The lowest BCUT2D eigenvalue weighted by Crippen LogP contribution is -2.48. The molecule has 1 aromatic rings. The fourth-order valence-electron chi connectivity index (χ4n) is 3.12. The predicted molar refractivity (Wildman–Crippen MR) is 85.7 cm³/mol. The minimum atomic E-state index is 0.427. The molecule has 2 aliphatic rings. The van der Waals surface area contributed by atoms with E-state index < -0.39 is 0 Å². The van der Waals surface area contributed by atoms with E-state index in [-0.39, 0.29) is 0 Å². The molecule has 1 fully saturated rings. The third kappa shape index (κ3) is 3.06. The fourth-order valence-corrected chi connectivity index (χ4v) is 3.32. The number of ether oxygens (including phenoxy) is 2. The molecule has 5 heteroatoms. The Bertz CT molecular complexity index is 523. The molecule has 2 aliphatic heterocycles. The molecule has 116 valence electrons. The van der Waals surface area contributed by atoms with Gasteiger partial charge in [-0.25, -0.2) is 0 Å². The lowest BCUT2D eigenvalue weighted by Gasteiger charge is -2.40. The number of piperidine rings is 1. The van der Waals surface area contributed by atoms with E-state index in [0.717, 1.165) is 30.2 Å². The van der Waals surface area contributed by atoms with Gasteiger partial charge in [0.2, 0.25) is 0 Å². The second kappa shape index (κ2) is 5.93. The van der Waals surface area contributed by atoms with Crippen LogP contribution in [0.25, 0.3) is 0 Å². The van der Waals surface area contributed by atoms with Crippen LogP contribution in [0.3, 0.4) is 0 Å². The van der Waals surface area contributed by atoms with Crippen molar-refractivity contribution < 1.29 is 9.47 Å². The maximum atomic E-state index is 6.38. The topological polar surface area (TPSA) is 33.7 Å². The molecule has 0 spiro atoms. The highest BCUT2D eigenvalue weighted by Gasteiger charge is 2.29. The smallest absolute Gasteiger partial charge is 0.163 e. The zero-order valence-corrected chi connectivity index (χ0v) is 13.6. The van der Waals surface area contributed by atoms with Gasteiger partial charge >= 0.3 is 0 Å². The molecule has 3 atom stereocenters. The number of benzene rings is 1. The molecule has 3 unspecified atom stereocenters. The first kappa shape index (κ1) is 14.8. The van der Waals surface area contributed by atoms with E-state index in [0.29, 0.717) is 36.2 Å². The number of hydrogen-bond donors (Lipinski definition) is 1. The van der Waals surface area contributed by atoms with Gasteiger partial charge in [0.15, 0.2) is 11.5 Å². The van der Waals surface area contributed by atoms with Crippen LogP contribution < -0.4 is 14.8 Å². The number of hydrogen-bond acceptors (Lipinski definition) is 4. The summed E-state index contributed by atoms with van der Waals surface area (Å²) in [4.78, 5) is 2.41. The summed E-state index contributed by atoms with van der Waals surface area (Å²) in [5, 5.41) is 4.30. The number of rotatable bonds is 2. The molecule has 0 radical (unpaired) electrons. The van der Waals surface area contributed by atoms with Crippen molar-refractivity contribution in [3.63, 3.8) is 0 Å². The number of nitrogens with zero attached hydrogens (tertiary/aromatic N) is 1. The molecular weight excluding hydrogens is 288 g/mol. The highest BCUT2D eigenvalue weighted by atomic mass is 35.5. The van der Waals surface area contributed by atoms with Gasteiger partial charge < -0.3 is 19.7 Å². The number of nitrogens with one attached hydrogen (secondary N) is 1. The maximum Gasteiger partial charge on any atom is 0.163 e. The van der Waals surface area contributed by atoms with Crippen LogP contribution in [0.5, 0.6) is 11.5 Å². The summed E-state index contributed by atoms with van der Waals surface area (Å²) in [7, 11) is 2.19. The van der Waals surface area contributed by atoms with Crippen molar-refractivity contribution in [2.75, 3.05) is 32.1 Å². The maximum absolute atomic E-state index is 6.38. The third-order valence-electron chi connectivity index (χ3n) is 4.58. The van der Waals surface area contributed by atoms with Crippen LogP contribution in [-0.4, -0.2) is 43.8 Å². The van der Waals surface area contributed by atoms with Crippen molar-refractivity contribution in [1.82, 2.24) is 4.90 Å². The molecule has 21 heavy (non-hydrogen) atoms. The van der Waals surface area contributed by atoms with E-state index in [4.69, 9.17) is 21.1 Å². The monoisotopic (exact) mass is 310 g/mol. The molecule has 3 rings (SSSR count). The van der Waals surface area contributed by atoms with E-state index >= 15 is 0 Å². The fraction of sp³-hybridized carbons (Fsp3) is 0.625. The molecular formula is C16H23ClN2O2. The van der Waals surface area contributed by atoms with Gasteiger partial charge in [-0.15, -0.1) is 0 Å². The van der Waals surface area contributed by atoms with Gasteiger partial charge in [0, 0.05) is 30.8 Å². The number of likely N-dealkylation sites (tertiary alicyclic amines) is 1. The van der Waals surface area contributed by atoms with Gasteiger partial charge in [0.1, 0.15) is 13.2 Å². The van der Waals surface area contributed by atoms with Crippen molar-refractivity contribution in [3.8, 4) is 11.5 Å². The molecule has 1 aromatic carbocycles. The Kier molecular flexibility index (Phi) is 4.18. The van der Waals surface area contributed by atoms with Crippen LogP contribution >= 0.6 is 11.6 Å². The average molecular weight is 311 g/mol. The normalized spacial score (nSPS) is 29.2. The summed E-state index contributed by atoms with van der Waals surface area (Å²) in [6.07, 6.45) is 1.11. The lowest BCUT2D eigenvalue weighted by molar-refractivity contribution is 0.145. The lowest BCUT2D eigenvalue weighted by atomic mass is 9.89. The summed E-state index contributed by atoms with van der Waals surface area (Å²) < 4.78 is 11.2. The van der Waals surface area contributed by atoms with E-state index in [1.54, 1.807) is 0 Å². The second-order valence-electron chi connectivity index (χ2n) is 6.23. The van der Waals surface area contributed by atoms with Gasteiger partial charge in [0.25, 0.3) is 0 Å². The minimum absolute atomic E-state index is 0.427. The molecule has 1 saturated heterocycles. The number of fused-ring (bicyclic) bond motifs is 1. The molecule has 2 heterocycles. The predicted octanol–water partition coefficient (Wildman–Crippen LogP) is 3.25. The summed E-state index contributed by atoms with van der Waals surface area (Å²) in [5.41, 5.74) is 0.939. The Morgan fingerprint density at radius 1 is 1.19 bits per heavy atom. The first-order valence-electron chi connectivity index (χ1n) is 7.60. The van der Waals surface area contributed by atoms with E-state index in [9.17, 15) is 0 Å². The van der Waals surface area contributed by atoms with Crippen molar-refractivity contribution in [3.05, 3.63) is 17.2 Å². The quantitative estimate of drug-likeness (QED) is 0.909. The van der Waals surface area contributed by atoms with Crippen molar-refractivity contribution in [2.24, 2.45) is 5.92 Å². The largest absolute Gasteiger partial charge is 0.486 e. The van der Waals surface area contributed by atoms with Crippen LogP contribution in [0.2, 0.25) is 5.02 Å². The van der Waals surface area contributed by atoms with Crippen LogP contribution in [0.15, 0.2) is 12.1 Å². The Labute approximate surface area is 131 Å². The third-order valence-corrected chi connectivity index (χ3v) is 4.90. The van der Waals surface area contributed by atoms with E-state index in [1.807, 2.05) is 12.1 Å². The molecule has 0 amide bonds. The Hall–Kier alpha value is -1.13. The molecule has 0 bridgehead atoms. The summed E-state index contributed by atoms with van der Waals surface area (Å²) >= 11 is 6.38. The SMILES string of the molecule is CC1CN(C)C(C)CC1Nc1cc2c(cc1Cl)OCCO2. The zero-order chi connectivity index (χ0) is 15.0.